The molecule has 0 spiro atoms. The number of halogens is 3. The van der Waals surface area contributed by atoms with Crippen LogP contribution in [0.15, 0.2) is 27.4 Å². The van der Waals surface area contributed by atoms with Crippen molar-refractivity contribution in [3.8, 4) is 0 Å². The summed E-state index contributed by atoms with van der Waals surface area (Å²) in [7, 11) is 0. The van der Waals surface area contributed by atoms with Crippen molar-refractivity contribution in [1.29, 1.82) is 0 Å². The largest absolute Gasteiger partial charge is 0.281 e. The average molecular weight is 395 g/mol. The Labute approximate surface area is 111 Å². The Bertz CT molecular complexity index is 556. The lowest BCUT2D eigenvalue weighted by atomic mass is 10.2. The quantitative estimate of drug-likeness (QED) is 0.693. The Morgan fingerprint density at radius 1 is 1.07 bits per heavy atom. The monoisotopic (exact) mass is 392 g/mol. The van der Waals surface area contributed by atoms with Crippen LogP contribution in [0, 0.1) is 0 Å². The smallest absolute Gasteiger partial charge is 0.228 e. The average Bonchev–Trinajstić information content (AvgIpc) is 2.19. The fourth-order valence-corrected chi connectivity index (χ4v) is 1.94. The van der Waals surface area contributed by atoms with Crippen LogP contribution in [0.4, 0.5) is 0 Å². The molecule has 1 aromatic carbocycles. The van der Waals surface area contributed by atoms with Gasteiger partial charge in [-0.25, -0.2) is 9.97 Å². The molecule has 0 aliphatic carbocycles. The van der Waals surface area contributed by atoms with E-state index in [1.165, 1.54) is 0 Å². The third-order valence-electron chi connectivity index (χ3n) is 1.81. The summed E-state index contributed by atoms with van der Waals surface area (Å²) in [6.45, 7) is 0. The lowest BCUT2D eigenvalue weighted by Crippen LogP contribution is -1.92. The molecule has 0 aliphatic rings. The predicted molar refractivity (Wildman–Crippen MR) is 68.2 cm³/mol. The van der Waals surface area contributed by atoms with Crippen LogP contribution in [0.25, 0.3) is 11.0 Å². The summed E-state index contributed by atoms with van der Waals surface area (Å²) in [6, 6.07) is 5.15. The highest BCUT2D eigenvalue weighted by Crippen LogP contribution is 2.23. The second-order valence-electron chi connectivity index (χ2n) is 2.78. The fourth-order valence-electron chi connectivity index (χ4n) is 1.13. The number of fused-ring (bicyclic) bond motifs is 1. The number of benzene rings is 1. The van der Waals surface area contributed by atoms with Crippen LogP contribution >= 0.6 is 47.8 Å². The summed E-state index contributed by atoms with van der Waals surface area (Å²) in [5.41, 5.74) is 1.98. The fraction of sp³-hybridized carbons (Fsp3) is 0. The summed E-state index contributed by atoms with van der Waals surface area (Å²) in [5.74, 6) is 0. The second-order valence-corrected chi connectivity index (χ2v) is 5.00. The molecule has 0 amide bonds. The molecule has 6 heteroatoms. The minimum absolute atomic E-state index is 0.162. The van der Waals surface area contributed by atoms with Gasteiger partial charge in [-0.2, -0.15) is 0 Å². The molecule has 0 aliphatic heterocycles. The van der Waals surface area contributed by atoms with Gasteiger partial charge >= 0.3 is 0 Å². The van der Waals surface area contributed by atoms with Gasteiger partial charge in [-0.1, -0.05) is 0 Å². The summed E-state index contributed by atoms with van der Waals surface area (Å²) in [5, 5.41) is 0. The van der Waals surface area contributed by atoms with Crippen molar-refractivity contribution in [2.75, 3.05) is 0 Å². The molecule has 0 N–H and O–H groups in total. The highest BCUT2D eigenvalue weighted by atomic mass is 79.9. The zero-order valence-electron chi connectivity index (χ0n) is 7.17. The van der Waals surface area contributed by atoms with Gasteiger partial charge in [0.1, 0.15) is 9.21 Å². The first kappa shape index (κ1) is 11.2. The van der Waals surface area contributed by atoms with E-state index in [0.29, 0.717) is 20.3 Å². The molecule has 2 aromatic rings. The van der Waals surface area contributed by atoms with Crippen LogP contribution in [-0.4, -0.2) is 14.7 Å². The lowest BCUT2D eigenvalue weighted by molar-refractivity contribution is 0.109. The maximum Gasteiger partial charge on any atom is 0.228 e. The molecule has 0 saturated carbocycles. The minimum Gasteiger partial charge on any atom is -0.281 e. The second kappa shape index (κ2) is 4.27. The number of hydrogen-bond acceptors (Lipinski definition) is 3. The Morgan fingerprint density at radius 3 is 2.27 bits per heavy atom. The van der Waals surface area contributed by atoms with Crippen molar-refractivity contribution in [2.45, 2.75) is 0 Å². The summed E-state index contributed by atoms with van der Waals surface area (Å²) < 4.78 is 1.10. The van der Waals surface area contributed by atoms with Gasteiger partial charge in [0.05, 0.1) is 11.0 Å². The number of nitrogens with zero attached hydrogens (tertiary/aromatic N) is 2. The standard InChI is InChI=1S/C9H3Br3N2O/c10-7-8(11)14-6-3-4(9(12)15)1-2-5(6)13-7/h1-3H. The van der Waals surface area contributed by atoms with Crippen LogP contribution in [0.5, 0.6) is 0 Å². The van der Waals surface area contributed by atoms with E-state index in [4.69, 9.17) is 0 Å². The van der Waals surface area contributed by atoms with Gasteiger partial charge in [0.2, 0.25) is 4.69 Å². The molecule has 0 unspecified atom stereocenters. The SMILES string of the molecule is O=C(Br)c1ccc2nc(Br)c(Br)nc2c1. The normalized spacial score (nSPS) is 10.6. The highest BCUT2D eigenvalue weighted by molar-refractivity contribution is 9.18. The van der Waals surface area contributed by atoms with Gasteiger partial charge in [-0.15, -0.1) is 0 Å². The van der Waals surface area contributed by atoms with Crippen molar-refractivity contribution in [2.24, 2.45) is 0 Å². The predicted octanol–water partition coefficient (Wildman–Crippen LogP) is 3.69. The molecular formula is C9H3Br3N2O. The third-order valence-corrected chi connectivity index (χ3v) is 3.91. The number of rotatable bonds is 1. The van der Waals surface area contributed by atoms with Crippen LogP contribution < -0.4 is 0 Å². The van der Waals surface area contributed by atoms with E-state index in [1.807, 2.05) is 0 Å². The number of hydrogen-bond donors (Lipinski definition) is 0. The summed E-state index contributed by atoms with van der Waals surface area (Å²) in [4.78, 5) is 19.6. The Morgan fingerprint density at radius 2 is 1.67 bits per heavy atom. The topological polar surface area (TPSA) is 42.9 Å². The van der Waals surface area contributed by atoms with Gasteiger partial charge in [-0.05, 0) is 66.0 Å². The number of carbonyl (C=O) groups excluding carboxylic acids is 1. The van der Waals surface area contributed by atoms with Gasteiger partial charge in [0.15, 0.2) is 0 Å². The van der Waals surface area contributed by atoms with E-state index in [0.717, 1.165) is 5.52 Å². The Balaban J connectivity index is 2.72. The van der Waals surface area contributed by atoms with E-state index in [2.05, 4.69) is 57.8 Å². The first-order valence-electron chi connectivity index (χ1n) is 3.90. The molecule has 1 heterocycles. The molecule has 76 valence electrons. The summed E-state index contributed by atoms with van der Waals surface area (Å²) in [6.07, 6.45) is 0. The van der Waals surface area contributed by atoms with Crippen molar-refractivity contribution in [3.05, 3.63) is 33.0 Å². The van der Waals surface area contributed by atoms with Crippen LogP contribution in [0.1, 0.15) is 10.4 Å². The molecule has 15 heavy (non-hydrogen) atoms. The van der Waals surface area contributed by atoms with Crippen LogP contribution in [-0.2, 0) is 0 Å². The molecule has 2 rings (SSSR count). The van der Waals surface area contributed by atoms with E-state index in [-0.39, 0.29) is 4.69 Å². The first-order chi connectivity index (χ1) is 7.08. The zero-order valence-corrected chi connectivity index (χ0v) is 11.9. The van der Waals surface area contributed by atoms with Crippen molar-refractivity contribution in [1.82, 2.24) is 9.97 Å². The van der Waals surface area contributed by atoms with Crippen LogP contribution in [0.3, 0.4) is 0 Å². The van der Waals surface area contributed by atoms with Gasteiger partial charge < -0.3 is 0 Å². The molecular weight excluding hydrogens is 392 g/mol. The Kier molecular flexibility index (Phi) is 3.18. The maximum absolute atomic E-state index is 11.1. The van der Waals surface area contributed by atoms with Gasteiger partial charge in [0, 0.05) is 5.56 Å². The third kappa shape index (κ3) is 2.26. The van der Waals surface area contributed by atoms with Crippen LogP contribution in [0.2, 0.25) is 0 Å². The van der Waals surface area contributed by atoms with E-state index in [9.17, 15) is 4.79 Å². The maximum atomic E-state index is 11.1. The van der Waals surface area contributed by atoms with Gasteiger partial charge in [-0.3, -0.25) is 4.79 Å². The summed E-state index contributed by atoms with van der Waals surface area (Å²) >= 11 is 9.42. The lowest BCUT2D eigenvalue weighted by Gasteiger charge is -2.01. The molecule has 0 saturated heterocycles. The van der Waals surface area contributed by atoms with E-state index < -0.39 is 0 Å². The molecule has 0 atom stereocenters. The Hall–Kier alpha value is -0.330. The molecule has 0 radical (unpaired) electrons. The minimum atomic E-state index is -0.162. The van der Waals surface area contributed by atoms with Crippen molar-refractivity contribution in [3.63, 3.8) is 0 Å². The number of aromatic nitrogens is 2. The van der Waals surface area contributed by atoms with E-state index in [1.54, 1.807) is 18.2 Å². The van der Waals surface area contributed by atoms with Gasteiger partial charge in [0.25, 0.3) is 0 Å². The highest BCUT2D eigenvalue weighted by Gasteiger charge is 2.06. The molecule has 1 aromatic heterocycles. The molecule has 3 nitrogen and oxygen atoms in total. The van der Waals surface area contributed by atoms with Crippen molar-refractivity contribution < 1.29 is 4.79 Å². The van der Waals surface area contributed by atoms with Crippen molar-refractivity contribution >= 4 is 63.5 Å². The first-order valence-corrected chi connectivity index (χ1v) is 6.28. The molecule has 0 fully saturated rings. The van der Waals surface area contributed by atoms with E-state index >= 15 is 0 Å². The molecule has 0 bridgehead atoms. The zero-order chi connectivity index (χ0) is 11.0. The number of carbonyl (C=O) groups is 1.